The highest BCUT2D eigenvalue weighted by atomic mass is 15.0. The maximum atomic E-state index is 4.70. The van der Waals surface area contributed by atoms with Gasteiger partial charge in [0.2, 0.25) is 0 Å². The Hall–Kier alpha value is -1.38. The third-order valence-corrected chi connectivity index (χ3v) is 4.80. The average Bonchev–Trinajstić information content (AvgIpc) is 2.76. The molecule has 2 aromatic rings. The molecule has 0 saturated carbocycles. The number of hydrogen-bond acceptors (Lipinski definition) is 2. The molecule has 0 aromatic carbocycles. The van der Waals surface area contributed by atoms with Crippen LogP contribution in [-0.4, -0.2) is 14.4 Å². The molecule has 2 aromatic heterocycles. The monoisotopic (exact) mass is 243 g/mol. The van der Waals surface area contributed by atoms with Gasteiger partial charge in [0.25, 0.3) is 0 Å². The quantitative estimate of drug-likeness (QED) is 0.810. The highest BCUT2D eigenvalue weighted by molar-refractivity contribution is 5.41. The molecule has 0 amide bonds. The molecule has 0 aliphatic heterocycles. The zero-order valence-corrected chi connectivity index (χ0v) is 11.5. The van der Waals surface area contributed by atoms with Crippen LogP contribution in [0.2, 0.25) is 0 Å². The van der Waals surface area contributed by atoms with Crippen LogP contribution >= 0.6 is 0 Å². The molecular weight excluding hydrogens is 222 g/mol. The van der Waals surface area contributed by atoms with E-state index in [9.17, 15) is 0 Å². The van der Waals surface area contributed by atoms with Gasteiger partial charge in [0.1, 0.15) is 0 Å². The minimum atomic E-state index is 0.425. The van der Waals surface area contributed by atoms with E-state index in [1.807, 2.05) is 18.6 Å². The Labute approximate surface area is 108 Å². The molecule has 2 heterocycles. The van der Waals surface area contributed by atoms with Gasteiger partial charge in [0, 0.05) is 18.1 Å². The molecular formula is C15H21N3. The SMILES string of the molecule is CCC(C)(C)C1CCc2nc3cnccn3c2C1. The average molecular weight is 243 g/mol. The lowest BCUT2D eigenvalue weighted by molar-refractivity contribution is 0.180. The van der Waals surface area contributed by atoms with E-state index in [-0.39, 0.29) is 0 Å². The summed E-state index contributed by atoms with van der Waals surface area (Å²) in [5.74, 6) is 0.767. The molecule has 3 nitrogen and oxygen atoms in total. The van der Waals surface area contributed by atoms with Crippen molar-refractivity contribution in [1.29, 1.82) is 0 Å². The van der Waals surface area contributed by atoms with Gasteiger partial charge in [-0.1, -0.05) is 27.2 Å². The fourth-order valence-electron chi connectivity index (χ4n) is 3.02. The van der Waals surface area contributed by atoms with Crippen molar-refractivity contribution in [3.8, 4) is 0 Å². The van der Waals surface area contributed by atoms with Crippen molar-refractivity contribution in [2.24, 2.45) is 11.3 Å². The van der Waals surface area contributed by atoms with Crippen molar-refractivity contribution < 1.29 is 0 Å². The first-order valence-electron chi connectivity index (χ1n) is 6.91. The van der Waals surface area contributed by atoms with Gasteiger partial charge < -0.3 is 4.40 Å². The van der Waals surface area contributed by atoms with E-state index in [4.69, 9.17) is 4.98 Å². The van der Waals surface area contributed by atoms with Crippen LogP contribution in [0.5, 0.6) is 0 Å². The molecule has 0 bridgehead atoms. The minimum absolute atomic E-state index is 0.425. The second-order valence-corrected chi connectivity index (χ2v) is 6.09. The van der Waals surface area contributed by atoms with Crippen LogP contribution in [0.1, 0.15) is 45.0 Å². The topological polar surface area (TPSA) is 30.2 Å². The summed E-state index contributed by atoms with van der Waals surface area (Å²) in [6.07, 6.45) is 10.5. The van der Waals surface area contributed by atoms with Crippen molar-refractivity contribution in [2.75, 3.05) is 0 Å². The highest BCUT2D eigenvalue weighted by Gasteiger charge is 2.32. The van der Waals surface area contributed by atoms with Crippen LogP contribution in [-0.2, 0) is 12.8 Å². The fraction of sp³-hybridized carbons (Fsp3) is 0.600. The lowest BCUT2D eigenvalue weighted by Crippen LogP contribution is -2.29. The van der Waals surface area contributed by atoms with Crippen LogP contribution in [0, 0.1) is 11.3 Å². The molecule has 0 spiro atoms. The van der Waals surface area contributed by atoms with Gasteiger partial charge in [-0.2, -0.15) is 0 Å². The minimum Gasteiger partial charge on any atom is -0.301 e. The Balaban J connectivity index is 2.01. The summed E-state index contributed by atoms with van der Waals surface area (Å²) < 4.78 is 2.22. The summed E-state index contributed by atoms with van der Waals surface area (Å²) in [5, 5.41) is 0. The normalized spacial score (nSPS) is 20.1. The standard InChI is InChI=1S/C15H21N3/c1-4-15(2,3)11-5-6-12-13(9-11)18-8-7-16-10-14(18)17-12/h7-8,10-11H,4-6,9H2,1-3H3. The third kappa shape index (κ3) is 1.73. The molecule has 96 valence electrons. The number of rotatable bonds is 2. The Kier molecular flexibility index (Phi) is 2.65. The molecule has 0 saturated heterocycles. The van der Waals surface area contributed by atoms with Crippen LogP contribution in [0.15, 0.2) is 18.6 Å². The van der Waals surface area contributed by atoms with Gasteiger partial charge in [-0.05, 0) is 30.6 Å². The van der Waals surface area contributed by atoms with Crippen LogP contribution < -0.4 is 0 Å². The molecule has 0 radical (unpaired) electrons. The molecule has 18 heavy (non-hydrogen) atoms. The van der Waals surface area contributed by atoms with Gasteiger partial charge in [0.05, 0.1) is 11.9 Å². The summed E-state index contributed by atoms with van der Waals surface area (Å²) in [4.78, 5) is 8.85. The van der Waals surface area contributed by atoms with E-state index >= 15 is 0 Å². The number of imidazole rings is 1. The summed E-state index contributed by atoms with van der Waals surface area (Å²) >= 11 is 0. The zero-order valence-electron chi connectivity index (χ0n) is 11.5. The predicted octanol–water partition coefficient (Wildman–Crippen LogP) is 3.27. The van der Waals surface area contributed by atoms with Crippen molar-refractivity contribution in [3.63, 3.8) is 0 Å². The zero-order chi connectivity index (χ0) is 12.8. The van der Waals surface area contributed by atoms with Gasteiger partial charge in [0.15, 0.2) is 5.65 Å². The maximum Gasteiger partial charge on any atom is 0.155 e. The Morgan fingerprint density at radius 3 is 3.06 bits per heavy atom. The van der Waals surface area contributed by atoms with Crippen molar-refractivity contribution in [2.45, 2.75) is 46.5 Å². The molecule has 3 heteroatoms. The van der Waals surface area contributed by atoms with Gasteiger partial charge in [-0.3, -0.25) is 4.98 Å². The van der Waals surface area contributed by atoms with Crippen molar-refractivity contribution >= 4 is 5.65 Å². The summed E-state index contributed by atoms with van der Waals surface area (Å²) in [7, 11) is 0. The largest absolute Gasteiger partial charge is 0.301 e. The van der Waals surface area contributed by atoms with E-state index < -0.39 is 0 Å². The molecule has 0 N–H and O–H groups in total. The molecule has 0 fully saturated rings. The Bertz CT molecular complexity index is 568. The maximum absolute atomic E-state index is 4.70. The number of hydrogen-bond donors (Lipinski definition) is 0. The second kappa shape index (κ2) is 4.08. The first-order valence-corrected chi connectivity index (χ1v) is 6.91. The lowest BCUT2D eigenvalue weighted by Gasteiger charge is -2.36. The smallest absolute Gasteiger partial charge is 0.155 e. The third-order valence-electron chi connectivity index (χ3n) is 4.80. The van der Waals surface area contributed by atoms with E-state index in [0.717, 1.165) is 24.4 Å². The fourth-order valence-corrected chi connectivity index (χ4v) is 3.02. The van der Waals surface area contributed by atoms with Gasteiger partial charge >= 0.3 is 0 Å². The van der Waals surface area contributed by atoms with Gasteiger partial charge in [-0.15, -0.1) is 0 Å². The Morgan fingerprint density at radius 1 is 1.44 bits per heavy atom. The van der Waals surface area contributed by atoms with Crippen molar-refractivity contribution in [1.82, 2.24) is 14.4 Å². The van der Waals surface area contributed by atoms with E-state index in [1.165, 1.54) is 24.2 Å². The molecule has 1 atom stereocenters. The summed E-state index contributed by atoms with van der Waals surface area (Å²) in [6.45, 7) is 7.09. The molecule has 3 rings (SSSR count). The highest BCUT2D eigenvalue weighted by Crippen LogP contribution is 2.39. The summed E-state index contributed by atoms with van der Waals surface area (Å²) in [5.41, 5.74) is 4.11. The summed E-state index contributed by atoms with van der Waals surface area (Å²) in [6, 6.07) is 0. The molecule has 1 aliphatic carbocycles. The lowest BCUT2D eigenvalue weighted by atomic mass is 9.70. The first kappa shape index (κ1) is 11.7. The first-order chi connectivity index (χ1) is 8.62. The predicted molar refractivity (Wildman–Crippen MR) is 72.6 cm³/mol. The molecule has 1 aliphatic rings. The van der Waals surface area contributed by atoms with Crippen LogP contribution in [0.3, 0.4) is 0 Å². The number of fused-ring (bicyclic) bond motifs is 3. The second-order valence-electron chi connectivity index (χ2n) is 6.09. The van der Waals surface area contributed by atoms with E-state index in [1.54, 1.807) is 0 Å². The van der Waals surface area contributed by atoms with Crippen LogP contribution in [0.4, 0.5) is 0 Å². The van der Waals surface area contributed by atoms with Gasteiger partial charge in [-0.25, -0.2) is 4.98 Å². The van der Waals surface area contributed by atoms with E-state index in [0.29, 0.717) is 5.41 Å². The Morgan fingerprint density at radius 2 is 2.28 bits per heavy atom. The number of aromatic nitrogens is 3. The number of nitrogens with zero attached hydrogens (tertiary/aromatic N) is 3. The molecule has 1 unspecified atom stereocenters. The van der Waals surface area contributed by atoms with Crippen molar-refractivity contribution in [3.05, 3.63) is 30.0 Å². The van der Waals surface area contributed by atoms with E-state index in [2.05, 4.69) is 30.2 Å². The number of aryl methyl sites for hydroxylation is 1. The van der Waals surface area contributed by atoms with Crippen LogP contribution in [0.25, 0.3) is 5.65 Å².